The molecule has 0 saturated carbocycles. The summed E-state index contributed by atoms with van der Waals surface area (Å²) in [5.41, 5.74) is 3.67. The number of alkyl halides is 1. The van der Waals surface area contributed by atoms with Gasteiger partial charge in [-0.15, -0.1) is 11.3 Å². The fraction of sp³-hybridized carbons (Fsp3) is 0.286. The molecule has 90 valence electrons. The Hall–Kier alpha value is -0.310. The second kappa shape index (κ2) is 5.13. The van der Waals surface area contributed by atoms with Crippen molar-refractivity contribution < 1.29 is 0 Å². The molecule has 3 heteroatoms. The summed E-state index contributed by atoms with van der Waals surface area (Å²) in [6.45, 7) is 6.32. The highest BCUT2D eigenvalue weighted by molar-refractivity contribution is 9.09. The highest BCUT2D eigenvalue weighted by Gasteiger charge is 2.16. The molecule has 0 N–H and O–H groups in total. The first-order chi connectivity index (χ1) is 7.99. The van der Waals surface area contributed by atoms with E-state index in [1.54, 1.807) is 0 Å². The van der Waals surface area contributed by atoms with Crippen LogP contribution in [0.25, 0.3) is 0 Å². The SMILES string of the molecule is Cc1cc(C)c(C(Br)c2ccc(C)c(Cl)c2)s1. The summed E-state index contributed by atoms with van der Waals surface area (Å²) in [4.78, 5) is 2.95. The van der Waals surface area contributed by atoms with Gasteiger partial charge in [0.2, 0.25) is 0 Å². The zero-order valence-corrected chi connectivity index (χ0v) is 13.2. The minimum atomic E-state index is 0.235. The highest BCUT2D eigenvalue weighted by atomic mass is 79.9. The number of rotatable bonds is 2. The third kappa shape index (κ3) is 2.75. The van der Waals surface area contributed by atoms with Gasteiger partial charge in [-0.1, -0.05) is 39.7 Å². The molecule has 2 rings (SSSR count). The standard InChI is InChI=1S/C14H14BrClS/c1-8-4-5-11(7-12(8)16)13(15)14-9(2)6-10(3)17-14/h4-7,13H,1-3H3. The van der Waals surface area contributed by atoms with Gasteiger partial charge in [-0.3, -0.25) is 0 Å². The summed E-state index contributed by atoms with van der Waals surface area (Å²) >= 11 is 11.8. The van der Waals surface area contributed by atoms with Crippen LogP contribution in [0.3, 0.4) is 0 Å². The van der Waals surface area contributed by atoms with Crippen LogP contribution in [0.15, 0.2) is 24.3 Å². The van der Waals surface area contributed by atoms with Gasteiger partial charge >= 0.3 is 0 Å². The predicted octanol–water partition coefficient (Wildman–Crippen LogP) is 5.81. The minimum absolute atomic E-state index is 0.235. The lowest BCUT2D eigenvalue weighted by Crippen LogP contribution is -1.92. The van der Waals surface area contributed by atoms with Crippen molar-refractivity contribution in [1.82, 2.24) is 0 Å². The van der Waals surface area contributed by atoms with Gasteiger partial charge in [0.25, 0.3) is 0 Å². The number of benzene rings is 1. The maximum Gasteiger partial charge on any atom is 0.0741 e. The number of hydrogen-bond donors (Lipinski definition) is 0. The molecule has 0 spiro atoms. The van der Waals surface area contributed by atoms with Crippen LogP contribution in [0.2, 0.25) is 5.02 Å². The number of thiophene rings is 1. The van der Waals surface area contributed by atoms with Crippen molar-refractivity contribution in [2.24, 2.45) is 0 Å². The van der Waals surface area contributed by atoms with E-state index in [0.717, 1.165) is 10.6 Å². The third-order valence-electron chi connectivity index (χ3n) is 2.80. The third-order valence-corrected chi connectivity index (χ3v) is 5.71. The second-order valence-electron chi connectivity index (χ2n) is 4.28. The largest absolute Gasteiger partial charge is 0.144 e. The van der Waals surface area contributed by atoms with E-state index in [0.29, 0.717) is 0 Å². The Morgan fingerprint density at radius 2 is 1.82 bits per heavy atom. The lowest BCUT2D eigenvalue weighted by Gasteiger charge is -2.11. The molecule has 1 heterocycles. The summed E-state index contributed by atoms with van der Waals surface area (Å²) in [7, 11) is 0. The molecule has 0 aliphatic carbocycles. The molecule has 1 unspecified atom stereocenters. The molecule has 0 aliphatic heterocycles. The van der Waals surface area contributed by atoms with Crippen LogP contribution in [-0.2, 0) is 0 Å². The van der Waals surface area contributed by atoms with Crippen molar-refractivity contribution in [2.45, 2.75) is 25.6 Å². The summed E-state index contributed by atoms with van der Waals surface area (Å²) in [6, 6.07) is 8.48. The van der Waals surface area contributed by atoms with E-state index in [-0.39, 0.29) is 4.83 Å². The van der Waals surface area contributed by atoms with Gasteiger partial charge in [0.05, 0.1) is 4.83 Å². The normalized spacial score (nSPS) is 12.8. The maximum absolute atomic E-state index is 6.17. The average molecular weight is 330 g/mol. The van der Waals surface area contributed by atoms with E-state index < -0.39 is 0 Å². The molecule has 0 amide bonds. The topological polar surface area (TPSA) is 0 Å². The predicted molar refractivity (Wildman–Crippen MR) is 80.8 cm³/mol. The van der Waals surface area contributed by atoms with E-state index in [1.807, 2.05) is 24.3 Å². The van der Waals surface area contributed by atoms with Gasteiger partial charge in [-0.2, -0.15) is 0 Å². The van der Waals surface area contributed by atoms with Crippen LogP contribution >= 0.6 is 38.9 Å². The van der Waals surface area contributed by atoms with Crippen molar-refractivity contribution in [2.75, 3.05) is 0 Å². The van der Waals surface area contributed by atoms with Crippen molar-refractivity contribution in [3.05, 3.63) is 55.7 Å². The van der Waals surface area contributed by atoms with Crippen molar-refractivity contribution in [1.29, 1.82) is 0 Å². The molecule has 0 radical (unpaired) electrons. The Morgan fingerprint density at radius 1 is 1.12 bits per heavy atom. The molecule has 0 fully saturated rings. The Bertz CT molecular complexity index is 545. The van der Waals surface area contributed by atoms with Gasteiger partial charge in [-0.25, -0.2) is 0 Å². The first-order valence-electron chi connectivity index (χ1n) is 5.46. The summed E-state index contributed by atoms with van der Waals surface area (Å²) in [6.07, 6.45) is 0. The van der Waals surface area contributed by atoms with Crippen LogP contribution in [-0.4, -0.2) is 0 Å². The molecule has 1 aromatic carbocycles. The molecule has 2 aromatic rings. The fourth-order valence-electron chi connectivity index (χ4n) is 1.83. The Morgan fingerprint density at radius 3 is 2.35 bits per heavy atom. The lowest BCUT2D eigenvalue weighted by molar-refractivity contribution is 1.19. The van der Waals surface area contributed by atoms with Crippen LogP contribution in [0.1, 0.15) is 31.3 Å². The van der Waals surface area contributed by atoms with Crippen LogP contribution in [0.5, 0.6) is 0 Å². The number of hydrogen-bond acceptors (Lipinski definition) is 1. The van der Waals surface area contributed by atoms with E-state index in [1.165, 1.54) is 20.9 Å². The zero-order valence-electron chi connectivity index (χ0n) is 10.1. The zero-order chi connectivity index (χ0) is 12.6. The van der Waals surface area contributed by atoms with Gasteiger partial charge < -0.3 is 0 Å². The van der Waals surface area contributed by atoms with E-state index in [2.05, 4.69) is 48.0 Å². The highest BCUT2D eigenvalue weighted by Crippen LogP contribution is 2.38. The molecule has 17 heavy (non-hydrogen) atoms. The van der Waals surface area contributed by atoms with Crippen LogP contribution in [0, 0.1) is 20.8 Å². The van der Waals surface area contributed by atoms with Crippen LogP contribution < -0.4 is 0 Å². The molecule has 1 atom stereocenters. The molecule has 0 bridgehead atoms. The quantitative estimate of drug-likeness (QED) is 0.610. The minimum Gasteiger partial charge on any atom is -0.144 e. The summed E-state index contributed by atoms with van der Waals surface area (Å²) in [5.74, 6) is 0. The van der Waals surface area contributed by atoms with E-state index in [9.17, 15) is 0 Å². The molecule has 0 nitrogen and oxygen atoms in total. The monoisotopic (exact) mass is 328 g/mol. The number of aryl methyl sites for hydroxylation is 3. The second-order valence-corrected chi connectivity index (χ2v) is 6.89. The van der Waals surface area contributed by atoms with Gasteiger partial charge in [0, 0.05) is 14.8 Å². The Balaban J connectivity index is 2.40. The van der Waals surface area contributed by atoms with E-state index >= 15 is 0 Å². The Labute approximate surface area is 120 Å². The molecule has 0 aliphatic rings. The first-order valence-corrected chi connectivity index (χ1v) is 7.57. The molecular weight excluding hydrogens is 316 g/mol. The van der Waals surface area contributed by atoms with Gasteiger partial charge in [0.15, 0.2) is 0 Å². The lowest BCUT2D eigenvalue weighted by atomic mass is 10.1. The van der Waals surface area contributed by atoms with Crippen molar-refractivity contribution in [3.63, 3.8) is 0 Å². The first kappa shape index (κ1) is 13.1. The summed E-state index contributed by atoms with van der Waals surface area (Å²) in [5, 5.41) is 0.831. The number of halogens is 2. The summed E-state index contributed by atoms with van der Waals surface area (Å²) < 4.78 is 0. The van der Waals surface area contributed by atoms with E-state index in [4.69, 9.17) is 11.6 Å². The van der Waals surface area contributed by atoms with Crippen molar-refractivity contribution in [3.8, 4) is 0 Å². The smallest absolute Gasteiger partial charge is 0.0741 e. The van der Waals surface area contributed by atoms with Gasteiger partial charge in [-0.05, 0) is 49.6 Å². The molecule has 1 aromatic heterocycles. The van der Waals surface area contributed by atoms with Crippen molar-refractivity contribution >= 4 is 38.9 Å². The van der Waals surface area contributed by atoms with Gasteiger partial charge in [0.1, 0.15) is 0 Å². The average Bonchev–Trinajstić information content (AvgIpc) is 2.61. The maximum atomic E-state index is 6.17. The van der Waals surface area contributed by atoms with Crippen LogP contribution in [0.4, 0.5) is 0 Å². The Kier molecular flexibility index (Phi) is 3.96. The molecular formula is C14H14BrClS. The molecule has 0 saturated heterocycles. The fourth-order valence-corrected chi connectivity index (χ4v) is 3.99.